The number of anilines is 1. The Morgan fingerprint density at radius 2 is 2.24 bits per heavy atom. The van der Waals surface area contributed by atoms with Crippen molar-refractivity contribution in [3.05, 3.63) is 23.9 Å². The van der Waals surface area contributed by atoms with E-state index in [0.717, 1.165) is 25.9 Å². The first kappa shape index (κ1) is 13.4. The number of carbonyl (C=O) groups is 1. The van der Waals surface area contributed by atoms with Gasteiger partial charge in [-0.2, -0.15) is 0 Å². The Balaban J connectivity index is 2.39. The van der Waals surface area contributed by atoms with Crippen molar-refractivity contribution >= 4 is 11.7 Å². The van der Waals surface area contributed by atoms with Gasteiger partial charge in [-0.15, -0.1) is 0 Å². The molecule has 0 aliphatic carbocycles. The van der Waals surface area contributed by atoms with Crippen molar-refractivity contribution in [1.29, 1.82) is 0 Å². The van der Waals surface area contributed by atoms with Gasteiger partial charge in [0.25, 0.3) is 5.91 Å². The van der Waals surface area contributed by atoms with Gasteiger partial charge in [-0.3, -0.25) is 4.79 Å². The summed E-state index contributed by atoms with van der Waals surface area (Å²) in [4.78, 5) is 17.4. The predicted octanol–water partition coefficient (Wildman–Crippen LogP) is 0.934. The maximum atomic E-state index is 11.1. The topological polar surface area (TPSA) is 71.2 Å². The van der Waals surface area contributed by atoms with Gasteiger partial charge in [0.05, 0.1) is 5.56 Å². The van der Waals surface area contributed by atoms with Gasteiger partial charge in [0.2, 0.25) is 0 Å². The average Bonchev–Trinajstić information content (AvgIpc) is 2.28. The number of nitrogens with two attached hydrogens (primary N) is 1. The van der Waals surface area contributed by atoms with E-state index in [0.29, 0.717) is 11.4 Å². The second kappa shape index (κ2) is 6.85. The molecule has 0 saturated carbocycles. The van der Waals surface area contributed by atoms with E-state index in [4.69, 9.17) is 5.73 Å². The van der Waals surface area contributed by atoms with Crippen LogP contribution in [0.15, 0.2) is 18.3 Å². The normalized spacial score (nSPS) is 10.5. The third kappa shape index (κ3) is 4.82. The van der Waals surface area contributed by atoms with Gasteiger partial charge in [0.15, 0.2) is 0 Å². The summed E-state index contributed by atoms with van der Waals surface area (Å²) in [6, 6.07) is 3.38. The van der Waals surface area contributed by atoms with E-state index < -0.39 is 5.91 Å². The van der Waals surface area contributed by atoms with Gasteiger partial charge in [-0.05, 0) is 45.6 Å². The summed E-state index contributed by atoms with van der Waals surface area (Å²) in [6.45, 7) is 1.86. The lowest BCUT2D eigenvalue weighted by Gasteiger charge is -2.10. The Morgan fingerprint density at radius 1 is 1.47 bits per heavy atom. The SMILES string of the molecule is CN(C)CCCCNc1ncccc1C(N)=O. The summed E-state index contributed by atoms with van der Waals surface area (Å²) in [7, 11) is 4.11. The first-order chi connectivity index (χ1) is 8.11. The molecular formula is C12H20N4O. The van der Waals surface area contributed by atoms with E-state index in [-0.39, 0.29) is 0 Å². The van der Waals surface area contributed by atoms with Crippen molar-refractivity contribution in [2.45, 2.75) is 12.8 Å². The van der Waals surface area contributed by atoms with Crippen LogP contribution in [0.4, 0.5) is 5.82 Å². The van der Waals surface area contributed by atoms with Gasteiger partial charge < -0.3 is 16.0 Å². The summed E-state index contributed by atoms with van der Waals surface area (Å²) in [5, 5.41) is 3.14. The number of rotatable bonds is 7. The van der Waals surface area contributed by atoms with Crippen LogP contribution in [0.1, 0.15) is 23.2 Å². The molecule has 1 aromatic heterocycles. The molecule has 0 aliphatic rings. The number of carbonyl (C=O) groups excluding carboxylic acids is 1. The van der Waals surface area contributed by atoms with E-state index in [1.165, 1.54) is 0 Å². The summed E-state index contributed by atoms with van der Waals surface area (Å²) in [5.41, 5.74) is 5.70. The van der Waals surface area contributed by atoms with Crippen LogP contribution in [0.25, 0.3) is 0 Å². The number of pyridine rings is 1. The van der Waals surface area contributed by atoms with Crippen LogP contribution in [0.2, 0.25) is 0 Å². The molecule has 0 bridgehead atoms. The Labute approximate surface area is 102 Å². The molecule has 5 heteroatoms. The van der Waals surface area contributed by atoms with Crippen LogP contribution < -0.4 is 11.1 Å². The minimum Gasteiger partial charge on any atom is -0.369 e. The molecule has 5 nitrogen and oxygen atoms in total. The minimum absolute atomic E-state index is 0.445. The molecule has 0 fully saturated rings. The van der Waals surface area contributed by atoms with Gasteiger partial charge in [-0.25, -0.2) is 4.98 Å². The fourth-order valence-electron chi connectivity index (χ4n) is 1.50. The molecule has 0 radical (unpaired) electrons. The van der Waals surface area contributed by atoms with Crippen molar-refractivity contribution in [3.8, 4) is 0 Å². The largest absolute Gasteiger partial charge is 0.369 e. The van der Waals surface area contributed by atoms with Gasteiger partial charge in [0.1, 0.15) is 5.82 Å². The lowest BCUT2D eigenvalue weighted by molar-refractivity contribution is 0.100. The fraction of sp³-hybridized carbons (Fsp3) is 0.500. The lowest BCUT2D eigenvalue weighted by Crippen LogP contribution is -2.17. The molecule has 0 unspecified atom stereocenters. The molecular weight excluding hydrogens is 216 g/mol. The highest BCUT2D eigenvalue weighted by atomic mass is 16.1. The third-order valence-corrected chi connectivity index (χ3v) is 2.40. The van der Waals surface area contributed by atoms with E-state index in [1.807, 2.05) is 0 Å². The monoisotopic (exact) mass is 236 g/mol. The fourth-order valence-corrected chi connectivity index (χ4v) is 1.50. The average molecular weight is 236 g/mol. The second-order valence-corrected chi connectivity index (χ2v) is 4.20. The van der Waals surface area contributed by atoms with E-state index >= 15 is 0 Å². The third-order valence-electron chi connectivity index (χ3n) is 2.40. The number of primary amides is 1. The molecule has 1 amide bonds. The number of unbranched alkanes of at least 4 members (excludes halogenated alkanes) is 1. The molecule has 1 aromatic rings. The van der Waals surface area contributed by atoms with Crippen LogP contribution in [-0.2, 0) is 0 Å². The lowest BCUT2D eigenvalue weighted by atomic mass is 10.2. The van der Waals surface area contributed by atoms with E-state index in [9.17, 15) is 4.79 Å². The highest BCUT2D eigenvalue weighted by molar-refractivity contribution is 5.97. The Morgan fingerprint density at radius 3 is 2.88 bits per heavy atom. The zero-order chi connectivity index (χ0) is 12.7. The number of hydrogen-bond donors (Lipinski definition) is 2. The smallest absolute Gasteiger partial charge is 0.252 e. The number of amides is 1. The first-order valence-corrected chi connectivity index (χ1v) is 5.74. The second-order valence-electron chi connectivity index (χ2n) is 4.20. The highest BCUT2D eigenvalue weighted by Gasteiger charge is 2.07. The number of hydrogen-bond acceptors (Lipinski definition) is 4. The van der Waals surface area contributed by atoms with Crippen molar-refractivity contribution in [2.24, 2.45) is 5.73 Å². The van der Waals surface area contributed by atoms with Gasteiger partial charge in [-0.1, -0.05) is 0 Å². The standard InChI is InChI=1S/C12H20N4O/c1-16(2)9-4-3-7-14-12-10(11(13)17)6-5-8-15-12/h5-6,8H,3-4,7,9H2,1-2H3,(H2,13,17)(H,14,15). The molecule has 94 valence electrons. The number of aromatic nitrogens is 1. The molecule has 0 spiro atoms. The van der Waals surface area contributed by atoms with Crippen molar-refractivity contribution in [3.63, 3.8) is 0 Å². The molecule has 0 atom stereocenters. The number of nitrogens with zero attached hydrogens (tertiary/aromatic N) is 2. The van der Waals surface area contributed by atoms with Crippen LogP contribution in [0, 0.1) is 0 Å². The maximum Gasteiger partial charge on any atom is 0.252 e. The molecule has 0 aromatic carbocycles. The molecule has 17 heavy (non-hydrogen) atoms. The zero-order valence-electron chi connectivity index (χ0n) is 10.4. The summed E-state index contributed by atoms with van der Waals surface area (Å²) < 4.78 is 0. The quantitative estimate of drug-likeness (QED) is 0.691. The van der Waals surface area contributed by atoms with Gasteiger partial charge >= 0.3 is 0 Å². The molecule has 3 N–H and O–H groups in total. The number of nitrogens with one attached hydrogen (secondary N) is 1. The van der Waals surface area contributed by atoms with Crippen molar-refractivity contribution in [1.82, 2.24) is 9.88 Å². The highest BCUT2D eigenvalue weighted by Crippen LogP contribution is 2.10. The summed E-state index contributed by atoms with van der Waals surface area (Å²) >= 11 is 0. The van der Waals surface area contributed by atoms with E-state index in [2.05, 4.69) is 29.3 Å². The van der Waals surface area contributed by atoms with Crippen molar-refractivity contribution < 1.29 is 4.79 Å². The Hall–Kier alpha value is -1.62. The molecule has 0 saturated heterocycles. The van der Waals surface area contributed by atoms with Gasteiger partial charge in [0, 0.05) is 12.7 Å². The maximum absolute atomic E-state index is 11.1. The molecule has 1 rings (SSSR count). The van der Waals surface area contributed by atoms with E-state index in [1.54, 1.807) is 18.3 Å². The first-order valence-electron chi connectivity index (χ1n) is 5.74. The zero-order valence-corrected chi connectivity index (χ0v) is 10.4. The Kier molecular flexibility index (Phi) is 5.42. The van der Waals surface area contributed by atoms with Crippen LogP contribution in [-0.4, -0.2) is 43.0 Å². The van der Waals surface area contributed by atoms with Crippen molar-refractivity contribution in [2.75, 3.05) is 32.5 Å². The van der Waals surface area contributed by atoms with Crippen LogP contribution in [0.5, 0.6) is 0 Å². The summed E-state index contributed by atoms with van der Waals surface area (Å²) in [5.74, 6) is 0.124. The predicted molar refractivity (Wildman–Crippen MR) is 69.0 cm³/mol. The Bertz CT molecular complexity index is 365. The van der Waals surface area contributed by atoms with Crippen LogP contribution >= 0.6 is 0 Å². The minimum atomic E-state index is -0.450. The van der Waals surface area contributed by atoms with Crippen LogP contribution in [0.3, 0.4) is 0 Å². The molecule has 0 aliphatic heterocycles. The molecule has 1 heterocycles. The summed E-state index contributed by atoms with van der Waals surface area (Å²) in [6.07, 6.45) is 3.79.